The predicted octanol–water partition coefficient (Wildman–Crippen LogP) is 1.21. The Balaban J connectivity index is 2.54. The van der Waals surface area contributed by atoms with Crippen LogP contribution in [0.3, 0.4) is 0 Å². The van der Waals surface area contributed by atoms with Crippen LogP contribution in [0.25, 0.3) is 10.9 Å². The van der Waals surface area contributed by atoms with E-state index in [4.69, 9.17) is 10.5 Å². The molecule has 1 aromatic heterocycles. The zero-order chi connectivity index (χ0) is 11.7. The Morgan fingerprint density at radius 3 is 2.81 bits per heavy atom. The van der Waals surface area contributed by atoms with E-state index >= 15 is 0 Å². The smallest absolute Gasteiger partial charge is 0.223 e. The van der Waals surface area contributed by atoms with Crippen molar-refractivity contribution in [2.75, 3.05) is 7.11 Å². The van der Waals surface area contributed by atoms with Crippen molar-refractivity contribution in [1.29, 1.82) is 0 Å². The van der Waals surface area contributed by atoms with E-state index in [-0.39, 0.29) is 12.3 Å². The molecule has 0 radical (unpaired) electrons. The Kier molecular flexibility index (Phi) is 2.56. The number of carbonyl (C=O) groups excluding carboxylic acids is 1. The number of methoxy groups -OCH3 is 1. The van der Waals surface area contributed by atoms with Crippen molar-refractivity contribution in [3.8, 4) is 5.75 Å². The Hall–Kier alpha value is -1.97. The maximum absolute atomic E-state index is 10.9. The van der Waals surface area contributed by atoms with Crippen LogP contribution in [0, 0.1) is 0 Å². The van der Waals surface area contributed by atoms with Crippen LogP contribution < -0.4 is 10.5 Å². The number of hydrogen-bond donors (Lipinski definition) is 1. The van der Waals surface area contributed by atoms with Crippen molar-refractivity contribution in [3.63, 3.8) is 0 Å². The summed E-state index contributed by atoms with van der Waals surface area (Å²) < 4.78 is 7.12. The standard InChI is InChI=1S/C12H14N2O2/c1-14-9(7-12(13)15)5-8-6-10(16-2)3-4-11(8)14/h3-6H,7H2,1-2H3,(H2,13,15). The summed E-state index contributed by atoms with van der Waals surface area (Å²) in [6.45, 7) is 0. The molecule has 16 heavy (non-hydrogen) atoms. The van der Waals surface area contributed by atoms with Gasteiger partial charge in [0.2, 0.25) is 5.91 Å². The summed E-state index contributed by atoms with van der Waals surface area (Å²) in [5.41, 5.74) is 7.17. The molecule has 0 unspecified atom stereocenters. The summed E-state index contributed by atoms with van der Waals surface area (Å²) >= 11 is 0. The van der Waals surface area contributed by atoms with E-state index in [2.05, 4.69) is 0 Å². The van der Waals surface area contributed by atoms with Crippen molar-refractivity contribution in [3.05, 3.63) is 30.0 Å². The molecule has 0 aliphatic carbocycles. The average molecular weight is 218 g/mol. The number of benzene rings is 1. The number of carbonyl (C=O) groups is 1. The second-order valence-electron chi connectivity index (χ2n) is 3.76. The van der Waals surface area contributed by atoms with E-state index in [1.807, 2.05) is 35.9 Å². The Bertz CT molecular complexity index is 543. The second kappa shape index (κ2) is 3.89. The summed E-state index contributed by atoms with van der Waals surface area (Å²) in [6.07, 6.45) is 0.257. The third-order valence-electron chi connectivity index (χ3n) is 2.70. The van der Waals surface area contributed by atoms with E-state index < -0.39 is 0 Å². The molecule has 2 aromatic rings. The summed E-state index contributed by atoms with van der Waals surface area (Å²) in [5, 5.41) is 1.05. The molecule has 0 aliphatic rings. The molecule has 0 aliphatic heterocycles. The zero-order valence-corrected chi connectivity index (χ0v) is 9.36. The van der Waals surface area contributed by atoms with Crippen molar-refractivity contribution in [2.45, 2.75) is 6.42 Å². The Morgan fingerprint density at radius 2 is 2.19 bits per heavy atom. The number of fused-ring (bicyclic) bond motifs is 1. The quantitative estimate of drug-likeness (QED) is 0.842. The number of primary amides is 1. The maximum atomic E-state index is 10.9. The van der Waals surface area contributed by atoms with E-state index in [1.54, 1.807) is 7.11 Å². The predicted molar refractivity (Wildman–Crippen MR) is 62.4 cm³/mol. The lowest BCUT2D eigenvalue weighted by atomic mass is 10.2. The van der Waals surface area contributed by atoms with E-state index in [1.165, 1.54) is 0 Å². The van der Waals surface area contributed by atoms with Crippen LogP contribution in [0.5, 0.6) is 5.75 Å². The number of nitrogens with zero attached hydrogens (tertiary/aromatic N) is 1. The van der Waals surface area contributed by atoms with Crippen molar-refractivity contribution >= 4 is 16.8 Å². The monoisotopic (exact) mass is 218 g/mol. The largest absolute Gasteiger partial charge is 0.497 e. The molecular formula is C12H14N2O2. The topological polar surface area (TPSA) is 57.2 Å². The summed E-state index contributed by atoms with van der Waals surface area (Å²) in [4.78, 5) is 10.9. The number of aryl methyl sites for hydroxylation is 1. The molecule has 0 saturated heterocycles. The molecule has 1 heterocycles. The number of nitrogens with two attached hydrogens (primary N) is 1. The fraction of sp³-hybridized carbons (Fsp3) is 0.250. The molecule has 0 fully saturated rings. The molecule has 2 rings (SSSR count). The van der Waals surface area contributed by atoms with Gasteiger partial charge in [0.25, 0.3) is 0 Å². The van der Waals surface area contributed by atoms with Crippen molar-refractivity contribution in [2.24, 2.45) is 12.8 Å². The minimum atomic E-state index is -0.321. The molecule has 84 valence electrons. The van der Waals surface area contributed by atoms with E-state index in [0.717, 1.165) is 22.3 Å². The molecule has 1 aromatic carbocycles. The second-order valence-corrected chi connectivity index (χ2v) is 3.76. The number of hydrogen-bond acceptors (Lipinski definition) is 2. The molecule has 0 spiro atoms. The van der Waals surface area contributed by atoms with Crippen LogP contribution in [-0.2, 0) is 18.3 Å². The normalized spacial score (nSPS) is 10.6. The maximum Gasteiger partial charge on any atom is 0.223 e. The highest BCUT2D eigenvalue weighted by molar-refractivity contribution is 5.85. The molecule has 2 N–H and O–H groups in total. The van der Waals surface area contributed by atoms with Gasteiger partial charge in [0.05, 0.1) is 13.5 Å². The fourth-order valence-corrected chi connectivity index (χ4v) is 1.86. The molecule has 1 amide bonds. The summed E-state index contributed by atoms with van der Waals surface area (Å²) in [7, 11) is 3.56. The lowest BCUT2D eigenvalue weighted by Gasteiger charge is -2.02. The van der Waals surface area contributed by atoms with Crippen LogP contribution in [0.4, 0.5) is 0 Å². The van der Waals surface area contributed by atoms with Crippen molar-refractivity contribution < 1.29 is 9.53 Å². The van der Waals surface area contributed by atoms with Crippen LogP contribution in [-0.4, -0.2) is 17.6 Å². The number of ether oxygens (including phenoxy) is 1. The van der Waals surface area contributed by atoms with Gasteiger partial charge in [0.15, 0.2) is 0 Å². The average Bonchev–Trinajstić information content (AvgIpc) is 2.54. The van der Waals surface area contributed by atoms with Gasteiger partial charge in [0, 0.05) is 23.6 Å². The fourth-order valence-electron chi connectivity index (χ4n) is 1.86. The van der Waals surface area contributed by atoms with Gasteiger partial charge in [-0.2, -0.15) is 0 Å². The molecule has 4 heteroatoms. The molecule has 0 saturated carbocycles. The van der Waals surface area contributed by atoms with Gasteiger partial charge in [0.1, 0.15) is 5.75 Å². The summed E-state index contributed by atoms with van der Waals surface area (Å²) in [6, 6.07) is 7.78. The number of rotatable bonds is 3. The number of amides is 1. The highest BCUT2D eigenvalue weighted by atomic mass is 16.5. The van der Waals surface area contributed by atoms with Crippen LogP contribution in [0.15, 0.2) is 24.3 Å². The molecular weight excluding hydrogens is 204 g/mol. The first kappa shape index (κ1) is 10.5. The third kappa shape index (κ3) is 1.74. The van der Waals surface area contributed by atoms with Crippen LogP contribution >= 0.6 is 0 Å². The van der Waals surface area contributed by atoms with Crippen LogP contribution in [0.2, 0.25) is 0 Å². The zero-order valence-electron chi connectivity index (χ0n) is 9.36. The van der Waals surface area contributed by atoms with Gasteiger partial charge in [-0.05, 0) is 24.3 Å². The van der Waals surface area contributed by atoms with E-state index in [0.29, 0.717) is 0 Å². The molecule has 0 bridgehead atoms. The van der Waals surface area contributed by atoms with Crippen LogP contribution in [0.1, 0.15) is 5.69 Å². The first-order valence-corrected chi connectivity index (χ1v) is 5.02. The number of aromatic nitrogens is 1. The summed E-state index contributed by atoms with van der Waals surface area (Å²) in [5.74, 6) is 0.488. The lowest BCUT2D eigenvalue weighted by molar-refractivity contribution is -0.117. The highest BCUT2D eigenvalue weighted by Crippen LogP contribution is 2.23. The van der Waals surface area contributed by atoms with Crippen molar-refractivity contribution in [1.82, 2.24) is 4.57 Å². The van der Waals surface area contributed by atoms with Gasteiger partial charge in [-0.1, -0.05) is 0 Å². The minimum Gasteiger partial charge on any atom is -0.497 e. The SMILES string of the molecule is COc1ccc2c(c1)cc(CC(N)=O)n2C. The van der Waals surface area contributed by atoms with Gasteiger partial charge in [-0.3, -0.25) is 4.79 Å². The first-order valence-electron chi connectivity index (χ1n) is 5.02. The Labute approximate surface area is 93.6 Å². The molecule has 4 nitrogen and oxygen atoms in total. The van der Waals surface area contributed by atoms with E-state index in [9.17, 15) is 4.79 Å². The van der Waals surface area contributed by atoms with Gasteiger partial charge >= 0.3 is 0 Å². The molecule has 0 atom stereocenters. The Morgan fingerprint density at radius 1 is 1.44 bits per heavy atom. The van der Waals surface area contributed by atoms with Gasteiger partial charge in [-0.25, -0.2) is 0 Å². The highest BCUT2D eigenvalue weighted by Gasteiger charge is 2.08. The lowest BCUT2D eigenvalue weighted by Crippen LogP contribution is -2.15. The third-order valence-corrected chi connectivity index (χ3v) is 2.70. The first-order chi connectivity index (χ1) is 7.61. The van der Waals surface area contributed by atoms with Gasteiger partial charge < -0.3 is 15.0 Å². The minimum absolute atomic E-state index is 0.257. The van der Waals surface area contributed by atoms with Gasteiger partial charge in [-0.15, -0.1) is 0 Å².